The molecule has 0 radical (unpaired) electrons. The number of para-hydroxylation sites is 1. The molecule has 180 valence electrons. The van der Waals surface area contributed by atoms with Crippen LogP contribution in [0.5, 0.6) is 5.75 Å². The summed E-state index contributed by atoms with van der Waals surface area (Å²) in [4.78, 5) is 27.8. The number of hydrogen-bond acceptors (Lipinski definition) is 5. The normalized spacial score (nSPS) is 12.0. The van der Waals surface area contributed by atoms with Crippen molar-refractivity contribution < 1.29 is 22.7 Å². The zero-order valence-corrected chi connectivity index (χ0v) is 20.5. The molecule has 0 aliphatic carbocycles. The standard InChI is InChI=1S/C24H33N3O5S/c1-5-15-25-24(29)22(6-2)26(17-19-11-10-14-21(16-19)32-3)23(28)18-27(33(4,30)31)20-12-8-7-9-13-20/h7-14,16,22H,5-6,15,17-18H2,1-4H3,(H,25,29)/t22-/m0/s1. The monoisotopic (exact) mass is 475 g/mol. The summed E-state index contributed by atoms with van der Waals surface area (Å²) in [7, 11) is -2.18. The van der Waals surface area contributed by atoms with Gasteiger partial charge in [0.05, 0.1) is 19.1 Å². The largest absolute Gasteiger partial charge is 0.497 e. The topological polar surface area (TPSA) is 96.0 Å². The van der Waals surface area contributed by atoms with Crippen molar-refractivity contribution in [2.45, 2.75) is 39.3 Å². The van der Waals surface area contributed by atoms with Crippen molar-refractivity contribution in [3.63, 3.8) is 0 Å². The van der Waals surface area contributed by atoms with Crippen molar-refractivity contribution in [3.8, 4) is 5.75 Å². The smallest absolute Gasteiger partial charge is 0.244 e. The van der Waals surface area contributed by atoms with Gasteiger partial charge in [0, 0.05) is 13.1 Å². The minimum absolute atomic E-state index is 0.139. The van der Waals surface area contributed by atoms with Crippen molar-refractivity contribution in [1.82, 2.24) is 10.2 Å². The number of sulfonamides is 1. The number of ether oxygens (including phenoxy) is 1. The van der Waals surface area contributed by atoms with Crippen LogP contribution in [0, 0.1) is 0 Å². The second-order valence-corrected chi connectivity index (χ2v) is 9.60. The highest BCUT2D eigenvalue weighted by Crippen LogP contribution is 2.20. The van der Waals surface area contributed by atoms with Gasteiger partial charge in [-0.15, -0.1) is 0 Å². The first-order chi connectivity index (χ1) is 15.7. The predicted octanol–water partition coefficient (Wildman–Crippen LogP) is 2.79. The molecule has 1 atom stereocenters. The molecule has 8 nitrogen and oxygen atoms in total. The number of anilines is 1. The molecule has 33 heavy (non-hydrogen) atoms. The van der Waals surface area contributed by atoms with Crippen LogP contribution in [0.1, 0.15) is 32.3 Å². The molecule has 0 saturated heterocycles. The van der Waals surface area contributed by atoms with Crippen molar-refractivity contribution in [3.05, 3.63) is 60.2 Å². The number of rotatable bonds is 12. The van der Waals surface area contributed by atoms with Crippen LogP contribution in [0.25, 0.3) is 0 Å². The van der Waals surface area contributed by atoms with Gasteiger partial charge in [0.2, 0.25) is 21.8 Å². The lowest BCUT2D eigenvalue weighted by molar-refractivity contribution is -0.140. The molecule has 1 N–H and O–H groups in total. The van der Waals surface area contributed by atoms with Gasteiger partial charge in [-0.1, -0.05) is 44.2 Å². The highest BCUT2D eigenvalue weighted by atomic mass is 32.2. The maximum Gasteiger partial charge on any atom is 0.244 e. The number of hydrogen-bond donors (Lipinski definition) is 1. The predicted molar refractivity (Wildman–Crippen MR) is 130 cm³/mol. The molecule has 0 aliphatic heterocycles. The lowest BCUT2D eigenvalue weighted by Gasteiger charge is -2.33. The number of carbonyl (C=O) groups excluding carboxylic acids is 2. The Hall–Kier alpha value is -3.07. The summed E-state index contributed by atoms with van der Waals surface area (Å²) in [6, 6.07) is 14.9. The Kier molecular flexibility index (Phi) is 9.72. The van der Waals surface area contributed by atoms with E-state index in [0.29, 0.717) is 24.4 Å². The van der Waals surface area contributed by atoms with Crippen LogP contribution in [0.15, 0.2) is 54.6 Å². The number of nitrogens with one attached hydrogen (secondary N) is 1. The van der Waals surface area contributed by atoms with Gasteiger partial charge in [0.25, 0.3) is 0 Å². The first kappa shape index (κ1) is 26.2. The highest BCUT2D eigenvalue weighted by molar-refractivity contribution is 7.92. The maximum absolute atomic E-state index is 13.5. The Morgan fingerprint density at radius 1 is 1.06 bits per heavy atom. The zero-order valence-electron chi connectivity index (χ0n) is 19.7. The molecule has 0 bridgehead atoms. The van der Waals surface area contributed by atoms with Gasteiger partial charge in [0.15, 0.2) is 0 Å². The van der Waals surface area contributed by atoms with E-state index in [4.69, 9.17) is 4.74 Å². The van der Waals surface area contributed by atoms with Crippen molar-refractivity contribution in [1.29, 1.82) is 0 Å². The van der Waals surface area contributed by atoms with E-state index in [1.54, 1.807) is 49.6 Å². The Balaban J connectivity index is 2.41. The summed E-state index contributed by atoms with van der Waals surface area (Å²) in [6.07, 6.45) is 2.21. The second kappa shape index (κ2) is 12.2. The third kappa shape index (κ3) is 7.49. The zero-order chi connectivity index (χ0) is 24.4. The van der Waals surface area contributed by atoms with Gasteiger partial charge < -0.3 is 15.0 Å². The van der Waals surface area contributed by atoms with Crippen LogP contribution in [0.2, 0.25) is 0 Å². The fourth-order valence-corrected chi connectivity index (χ4v) is 4.31. The molecule has 0 aromatic heterocycles. The minimum Gasteiger partial charge on any atom is -0.497 e. The Labute approximate surface area is 196 Å². The Morgan fingerprint density at radius 2 is 1.76 bits per heavy atom. The number of carbonyl (C=O) groups is 2. The average Bonchev–Trinajstić information content (AvgIpc) is 2.80. The van der Waals surface area contributed by atoms with Gasteiger partial charge >= 0.3 is 0 Å². The summed E-state index contributed by atoms with van der Waals surface area (Å²) in [5, 5.41) is 2.85. The highest BCUT2D eigenvalue weighted by Gasteiger charge is 2.31. The van der Waals surface area contributed by atoms with Gasteiger partial charge in [-0.25, -0.2) is 8.42 Å². The van der Waals surface area contributed by atoms with E-state index in [1.165, 1.54) is 4.90 Å². The van der Waals surface area contributed by atoms with E-state index in [-0.39, 0.29) is 12.5 Å². The molecule has 0 heterocycles. The lowest BCUT2D eigenvalue weighted by atomic mass is 10.1. The summed E-state index contributed by atoms with van der Waals surface area (Å²) in [5.41, 5.74) is 1.16. The van der Waals surface area contributed by atoms with Crippen LogP contribution in [0.3, 0.4) is 0 Å². The van der Waals surface area contributed by atoms with Gasteiger partial charge in [0.1, 0.15) is 18.3 Å². The fraction of sp³-hybridized carbons (Fsp3) is 0.417. The summed E-state index contributed by atoms with van der Waals surface area (Å²) in [6.45, 7) is 4.00. The molecule has 0 aliphatic rings. The van der Waals surface area contributed by atoms with E-state index in [0.717, 1.165) is 22.5 Å². The van der Waals surface area contributed by atoms with Crippen LogP contribution in [0.4, 0.5) is 5.69 Å². The van der Waals surface area contributed by atoms with Gasteiger partial charge in [-0.05, 0) is 42.7 Å². The molecule has 0 saturated carbocycles. The molecular weight excluding hydrogens is 442 g/mol. The number of benzene rings is 2. The molecule has 2 aromatic carbocycles. The van der Waals surface area contributed by atoms with Gasteiger partial charge in [-0.2, -0.15) is 0 Å². The molecule has 9 heteroatoms. The Morgan fingerprint density at radius 3 is 2.33 bits per heavy atom. The first-order valence-electron chi connectivity index (χ1n) is 10.9. The number of methoxy groups -OCH3 is 1. The lowest BCUT2D eigenvalue weighted by Crippen LogP contribution is -2.52. The minimum atomic E-state index is -3.73. The molecule has 0 unspecified atom stereocenters. The van der Waals surface area contributed by atoms with Crippen molar-refractivity contribution >= 4 is 27.5 Å². The Bertz CT molecular complexity index is 1030. The van der Waals surface area contributed by atoms with E-state index < -0.39 is 28.5 Å². The van der Waals surface area contributed by atoms with Crippen molar-refractivity contribution in [2.75, 3.05) is 30.8 Å². The summed E-state index contributed by atoms with van der Waals surface area (Å²) in [5.74, 6) is -0.0998. The molecule has 2 rings (SSSR count). The van der Waals surface area contributed by atoms with E-state index >= 15 is 0 Å². The first-order valence-corrected chi connectivity index (χ1v) is 12.8. The summed E-state index contributed by atoms with van der Waals surface area (Å²) < 4.78 is 31.4. The van der Waals surface area contributed by atoms with E-state index in [2.05, 4.69) is 5.32 Å². The third-order valence-corrected chi connectivity index (χ3v) is 6.29. The molecule has 0 spiro atoms. The average molecular weight is 476 g/mol. The van der Waals surface area contributed by atoms with E-state index in [9.17, 15) is 18.0 Å². The fourth-order valence-electron chi connectivity index (χ4n) is 3.46. The van der Waals surface area contributed by atoms with Crippen LogP contribution in [-0.2, 0) is 26.2 Å². The van der Waals surface area contributed by atoms with Crippen LogP contribution < -0.4 is 14.4 Å². The molecular formula is C24H33N3O5S. The van der Waals surface area contributed by atoms with Crippen LogP contribution >= 0.6 is 0 Å². The van der Waals surface area contributed by atoms with E-state index in [1.807, 2.05) is 26.0 Å². The van der Waals surface area contributed by atoms with Crippen molar-refractivity contribution in [2.24, 2.45) is 0 Å². The number of nitrogens with zero attached hydrogens (tertiary/aromatic N) is 2. The molecule has 2 aromatic rings. The SMILES string of the molecule is CCCNC(=O)[C@H](CC)N(Cc1cccc(OC)c1)C(=O)CN(c1ccccc1)S(C)(=O)=O. The van der Waals surface area contributed by atoms with Gasteiger partial charge in [-0.3, -0.25) is 13.9 Å². The quantitative estimate of drug-likeness (QED) is 0.509. The summed E-state index contributed by atoms with van der Waals surface area (Å²) >= 11 is 0. The van der Waals surface area contributed by atoms with Crippen LogP contribution in [-0.4, -0.2) is 57.6 Å². The number of amides is 2. The maximum atomic E-state index is 13.5. The molecule has 2 amide bonds. The molecule has 0 fully saturated rings. The third-order valence-electron chi connectivity index (χ3n) is 5.15. The second-order valence-electron chi connectivity index (χ2n) is 7.69.